The Kier molecular flexibility index (Phi) is 3.89. The second-order valence-corrected chi connectivity index (χ2v) is 7.08. The van der Waals surface area contributed by atoms with Crippen LogP contribution >= 0.6 is 27.3 Å². The lowest BCUT2D eigenvalue weighted by molar-refractivity contribution is 0.602. The van der Waals surface area contributed by atoms with E-state index in [0.717, 1.165) is 17.4 Å². The van der Waals surface area contributed by atoms with Gasteiger partial charge in [0.1, 0.15) is 17.4 Å². The van der Waals surface area contributed by atoms with Gasteiger partial charge < -0.3 is 0 Å². The predicted molar refractivity (Wildman–Crippen MR) is 73.9 cm³/mol. The maximum absolute atomic E-state index is 13.4. The number of rotatable bonds is 3. The first-order chi connectivity index (χ1) is 8.95. The molecule has 0 unspecified atom stereocenters. The van der Waals surface area contributed by atoms with Gasteiger partial charge in [0, 0.05) is 4.47 Å². The highest BCUT2D eigenvalue weighted by Crippen LogP contribution is 2.30. The van der Waals surface area contributed by atoms with Crippen molar-refractivity contribution in [1.29, 1.82) is 5.26 Å². The Morgan fingerprint density at radius 1 is 1.37 bits per heavy atom. The van der Waals surface area contributed by atoms with Gasteiger partial charge >= 0.3 is 0 Å². The van der Waals surface area contributed by atoms with Crippen molar-refractivity contribution < 1.29 is 12.8 Å². The van der Waals surface area contributed by atoms with E-state index in [9.17, 15) is 12.8 Å². The highest BCUT2D eigenvalue weighted by Gasteiger charge is 2.21. The molecule has 0 saturated carbocycles. The fourth-order valence-electron chi connectivity index (χ4n) is 1.39. The monoisotopic (exact) mass is 360 g/mol. The first-order valence-corrected chi connectivity index (χ1v) is 8.05. The summed E-state index contributed by atoms with van der Waals surface area (Å²) >= 11 is 4.14. The molecule has 0 radical (unpaired) electrons. The highest BCUT2D eigenvalue weighted by molar-refractivity contribution is 9.10. The van der Waals surface area contributed by atoms with Crippen molar-refractivity contribution in [3.8, 4) is 6.07 Å². The Bertz CT molecular complexity index is 765. The maximum Gasteiger partial charge on any atom is 0.272 e. The van der Waals surface area contributed by atoms with Gasteiger partial charge in [0.05, 0.1) is 5.69 Å². The van der Waals surface area contributed by atoms with Gasteiger partial charge in [-0.05, 0) is 39.5 Å². The van der Waals surface area contributed by atoms with E-state index in [1.54, 1.807) is 17.5 Å². The zero-order valence-electron chi connectivity index (χ0n) is 9.22. The van der Waals surface area contributed by atoms with Gasteiger partial charge in [-0.1, -0.05) is 6.07 Å². The van der Waals surface area contributed by atoms with Crippen LogP contribution in [-0.2, 0) is 10.0 Å². The lowest BCUT2D eigenvalue weighted by Crippen LogP contribution is -2.13. The summed E-state index contributed by atoms with van der Waals surface area (Å²) in [4.78, 5) is 0. The molecule has 1 heterocycles. The summed E-state index contributed by atoms with van der Waals surface area (Å²) in [5.41, 5.74) is -0.415. The van der Waals surface area contributed by atoms with Crippen molar-refractivity contribution >= 4 is 43.0 Å². The Labute approximate surface area is 121 Å². The van der Waals surface area contributed by atoms with Gasteiger partial charge in [-0.3, -0.25) is 4.72 Å². The molecule has 0 atom stereocenters. The summed E-state index contributed by atoms with van der Waals surface area (Å²) < 4.78 is 40.3. The Morgan fingerprint density at radius 3 is 2.68 bits per heavy atom. The summed E-state index contributed by atoms with van der Waals surface area (Å²) in [6.07, 6.45) is 0. The summed E-state index contributed by atoms with van der Waals surface area (Å²) in [5, 5.41) is 10.5. The molecule has 1 aromatic carbocycles. The number of halogens is 2. The molecule has 0 fully saturated rings. The van der Waals surface area contributed by atoms with E-state index in [1.807, 2.05) is 0 Å². The molecule has 0 aliphatic rings. The predicted octanol–water partition coefficient (Wildman–Crippen LogP) is 3.32. The molecule has 1 aromatic heterocycles. The molecule has 0 bridgehead atoms. The molecule has 0 aliphatic heterocycles. The molecule has 19 heavy (non-hydrogen) atoms. The van der Waals surface area contributed by atoms with Gasteiger partial charge in [-0.15, -0.1) is 11.3 Å². The smallest absolute Gasteiger partial charge is 0.272 e. The molecular weight excluding hydrogens is 355 g/mol. The largest absolute Gasteiger partial charge is 0.277 e. The van der Waals surface area contributed by atoms with Crippen molar-refractivity contribution in [2.45, 2.75) is 4.21 Å². The van der Waals surface area contributed by atoms with Crippen molar-refractivity contribution in [3.63, 3.8) is 0 Å². The molecule has 4 nitrogen and oxygen atoms in total. The minimum absolute atomic E-state index is 0.0700. The number of nitrogens with zero attached hydrogens (tertiary/aromatic N) is 1. The van der Waals surface area contributed by atoms with Crippen LogP contribution in [-0.4, -0.2) is 8.42 Å². The molecule has 0 amide bonds. The number of benzene rings is 1. The van der Waals surface area contributed by atoms with E-state index in [1.165, 1.54) is 12.1 Å². The Morgan fingerprint density at radius 2 is 2.11 bits per heavy atom. The van der Waals surface area contributed by atoms with Gasteiger partial charge in [0.15, 0.2) is 4.21 Å². The number of nitriles is 1. The molecule has 0 aliphatic carbocycles. The van der Waals surface area contributed by atoms with Crippen LogP contribution in [0.5, 0.6) is 0 Å². The SMILES string of the molecule is N#Cc1c(F)cccc1NS(=O)(=O)c1sccc1Br. The van der Waals surface area contributed by atoms with Gasteiger partial charge in [-0.25, -0.2) is 12.8 Å². The quantitative estimate of drug-likeness (QED) is 0.912. The first-order valence-electron chi connectivity index (χ1n) is 4.90. The molecule has 1 N–H and O–H groups in total. The second kappa shape index (κ2) is 5.28. The summed E-state index contributed by atoms with van der Waals surface area (Å²) in [6.45, 7) is 0. The van der Waals surface area contributed by atoms with E-state index in [0.29, 0.717) is 4.47 Å². The highest BCUT2D eigenvalue weighted by atomic mass is 79.9. The fourth-order valence-corrected chi connectivity index (χ4v) is 4.80. The zero-order chi connectivity index (χ0) is 14.0. The number of nitrogens with one attached hydrogen (secondary N) is 1. The van der Waals surface area contributed by atoms with Crippen molar-refractivity contribution in [2.24, 2.45) is 0 Å². The van der Waals surface area contributed by atoms with E-state index in [-0.39, 0.29) is 15.5 Å². The number of thiophene rings is 1. The third-order valence-corrected chi connectivity index (χ3v) is 6.23. The minimum atomic E-state index is -3.85. The summed E-state index contributed by atoms with van der Waals surface area (Å²) in [6, 6.07) is 6.99. The van der Waals surface area contributed by atoms with Crippen molar-refractivity contribution in [1.82, 2.24) is 0 Å². The topological polar surface area (TPSA) is 70.0 Å². The molecule has 0 spiro atoms. The van der Waals surface area contributed by atoms with Crippen molar-refractivity contribution in [3.05, 3.63) is 45.5 Å². The molecule has 2 aromatic rings. The van der Waals surface area contributed by atoms with Crippen LogP contribution in [0, 0.1) is 17.1 Å². The Hall–Kier alpha value is -1.43. The first kappa shape index (κ1) is 14.0. The van der Waals surface area contributed by atoms with E-state index in [4.69, 9.17) is 5.26 Å². The van der Waals surface area contributed by atoms with Crippen LogP contribution in [0.1, 0.15) is 5.56 Å². The van der Waals surface area contributed by atoms with Crippen LogP contribution in [0.4, 0.5) is 10.1 Å². The average Bonchev–Trinajstić information content (AvgIpc) is 2.76. The number of sulfonamides is 1. The van der Waals surface area contributed by atoms with E-state index < -0.39 is 15.8 Å². The number of anilines is 1. The second-order valence-electron chi connectivity index (χ2n) is 3.44. The summed E-state index contributed by atoms with van der Waals surface area (Å²) in [7, 11) is -3.85. The normalized spacial score (nSPS) is 11.0. The molecule has 8 heteroatoms. The van der Waals surface area contributed by atoms with E-state index in [2.05, 4.69) is 20.7 Å². The van der Waals surface area contributed by atoms with Gasteiger partial charge in [0.2, 0.25) is 0 Å². The lowest BCUT2D eigenvalue weighted by atomic mass is 10.2. The van der Waals surface area contributed by atoms with E-state index >= 15 is 0 Å². The summed E-state index contributed by atoms with van der Waals surface area (Å²) in [5.74, 6) is -0.770. The van der Waals surface area contributed by atoms with Gasteiger partial charge in [0.25, 0.3) is 10.0 Å². The maximum atomic E-state index is 13.4. The molecule has 0 saturated heterocycles. The average molecular weight is 361 g/mol. The standard InChI is InChI=1S/C11H6BrFN2O2S2/c12-8-4-5-18-11(8)19(16,17)15-10-3-1-2-9(13)7(10)6-14/h1-5,15H. The van der Waals surface area contributed by atoms with Crippen molar-refractivity contribution in [2.75, 3.05) is 4.72 Å². The van der Waals surface area contributed by atoms with Crippen LogP contribution < -0.4 is 4.72 Å². The number of hydrogen-bond donors (Lipinski definition) is 1. The van der Waals surface area contributed by atoms with Crippen LogP contribution in [0.15, 0.2) is 38.3 Å². The molecule has 2 rings (SSSR count). The van der Waals surface area contributed by atoms with Crippen LogP contribution in [0.25, 0.3) is 0 Å². The minimum Gasteiger partial charge on any atom is -0.277 e. The Balaban J connectivity index is 2.46. The lowest BCUT2D eigenvalue weighted by Gasteiger charge is -2.08. The van der Waals surface area contributed by atoms with Gasteiger partial charge in [-0.2, -0.15) is 5.26 Å². The third-order valence-electron chi connectivity index (χ3n) is 2.20. The molecular formula is C11H6BrFN2O2S2. The fraction of sp³-hybridized carbons (Fsp3) is 0. The van der Waals surface area contributed by atoms with Crippen LogP contribution in [0.2, 0.25) is 0 Å². The molecule has 98 valence electrons. The third kappa shape index (κ3) is 2.78. The van der Waals surface area contributed by atoms with Crippen LogP contribution in [0.3, 0.4) is 0 Å². The zero-order valence-corrected chi connectivity index (χ0v) is 12.4. The number of hydrogen-bond acceptors (Lipinski definition) is 4.